The van der Waals surface area contributed by atoms with Crippen molar-refractivity contribution in [3.63, 3.8) is 0 Å². The fourth-order valence-electron chi connectivity index (χ4n) is 1.49. The van der Waals surface area contributed by atoms with Crippen LogP contribution < -0.4 is 5.32 Å². The SMILES string of the molecule is CC(CS(C)(=O)=O)Nc1cc(Br)ccc1C#N. The predicted molar refractivity (Wildman–Crippen MR) is 71.7 cm³/mol. The molecule has 4 nitrogen and oxygen atoms in total. The van der Waals surface area contributed by atoms with Gasteiger partial charge in [0, 0.05) is 16.8 Å². The molecular weight excluding hydrogens is 304 g/mol. The zero-order valence-electron chi connectivity index (χ0n) is 9.57. The smallest absolute Gasteiger partial charge is 0.149 e. The first-order valence-electron chi connectivity index (χ1n) is 4.96. The average molecular weight is 317 g/mol. The van der Waals surface area contributed by atoms with Crippen molar-refractivity contribution in [1.29, 1.82) is 5.26 Å². The normalized spacial score (nSPS) is 12.8. The van der Waals surface area contributed by atoms with Gasteiger partial charge in [-0.05, 0) is 25.1 Å². The number of benzene rings is 1. The molecule has 1 aromatic carbocycles. The van der Waals surface area contributed by atoms with Crippen LogP contribution in [0, 0.1) is 11.3 Å². The first-order chi connectivity index (χ1) is 7.81. The molecule has 1 N–H and O–H groups in total. The lowest BCUT2D eigenvalue weighted by atomic mass is 10.2. The molecule has 1 atom stereocenters. The summed E-state index contributed by atoms with van der Waals surface area (Å²) in [6.45, 7) is 1.77. The molecule has 0 bridgehead atoms. The van der Waals surface area contributed by atoms with E-state index in [0.717, 1.165) is 4.47 Å². The van der Waals surface area contributed by atoms with Gasteiger partial charge in [0.15, 0.2) is 0 Å². The molecular formula is C11H13BrN2O2S. The Morgan fingerprint density at radius 3 is 2.71 bits per heavy atom. The zero-order chi connectivity index (χ0) is 13.1. The highest BCUT2D eigenvalue weighted by molar-refractivity contribution is 9.10. The van der Waals surface area contributed by atoms with E-state index >= 15 is 0 Å². The maximum absolute atomic E-state index is 11.1. The Labute approximate surface area is 110 Å². The molecule has 92 valence electrons. The standard InChI is InChI=1S/C11H13BrN2O2S/c1-8(7-17(2,15)16)14-11-5-10(12)4-3-9(11)6-13/h3-5,8,14H,7H2,1-2H3. The van der Waals surface area contributed by atoms with Gasteiger partial charge >= 0.3 is 0 Å². The number of anilines is 1. The van der Waals surface area contributed by atoms with E-state index in [9.17, 15) is 8.42 Å². The highest BCUT2D eigenvalue weighted by Gasteiger charge is 2.12. The summed E-state index contributed by atoms with van der Waals surface area (Å²) in [5.74, 6) is 0.0321. The van der Waals surface area contributed by atoms with E-state index in [1.54, 1.807) is 25.1 Å². The summed E-state index contributed by atoms with van der Waals surface area (Å²) in [5.41, 5.74) is 1.13. The van der Waals surface area contributed by atoms with Crippen molar-refractivity contribution in [2.45, 2.75) is 13.0 Å². The number of sulfone groups is 1. The molecule has 0 aliphatic rings. The van der Waals surface area contributed by atoms with Gasteiger partial charge in [0.25, 0.3) is 0 Å². The van der Waals surface area contributed by atoms with Gasteiger partial charge in [-0.3, -0.25) is 0 Å². The van der Waals surface area contributed by atoms with E-state index in [1.165, 1.54) is 6.26 Å². The number of hydrogen-bond acceptors (Lipinski definition) is 4. The van der Waals surface area contributed by atoms with Crippen LogP contribution in [0.2, 0.25) is 0 Å². The Bertz CT molecular complexity index is 549. The lowest BCUT2D eigenvalue weighted by Crippen LogP contribution is -2.25. The summed E-state index contributed by atoms with van der Waals surface area (Å²) >= 11 is 3.31. The number of nitrogens with one attached hydrogen (secondary N) is 1. The van der Waals surface area contributed by atoms with Crippen LogP contribution in [-0.4, -0.2) is 26.5 Å². The largest absolute Gasteiger partial charge is 0.380 e. The van der Waals surface area contributed by atoms with Gasteiger partial charge in [0.05, 0.1) is 17.0 Å². The summed E-state index contributed by atoms with van der Waals surface area (Å²) in [6, 6.07) is 7.02. The van der Waals surface area contributed by atoms with Crippen molar-refractivity contribution in [2.24, 2.45) is 0 Å². The fourth-order valence-corrected chi connectivity index (χ4v) is 2.85. The number of nitriles is 1. The van der Waals surface area contributed by atoms with Crippen molar-refractivity contribution in [1.82, 2.24) is 0 Å². The van der Waals surface area contributed by atoms with Crippen LogP contribution in [0.3, 0.4) is 0 Å². The predicted octanol–water partition coefficient (Wildman–Crippen LogP) is 2.17. The molecule has 0 fully saturated rings. The van der Waals surface area contributed by atoms with Crippen LogP contribution in [-0.2, 0) is 9.84 Å². The van der Waals surface area contributed by atoms with Gasteiger partial charge in [-0.1, -0.05) is 15.9 Å². The summed E-state index contributed by atoms with van der Waals surface area (Å²) in [7, 11) is -3.03. The van der Waals surface area contributed by atoms with Crippen LogP contribution in [0.5, 0.6) is 0 Å². The molecule has 1 unspecified atom stereocenters. The number of halogens is 1. The minimum absolute atomic E-state index is 0.0321. The van der Waals surface area contributed by atoms with Crippen molar-refractivity contribution in [3.05, 3.63) is 28.2 Å². The highest BCUT2D eigenvalue weighted by Crippen LogP contribution is 2.21. The lowest BCUT2D eigenvalue weighted by Gasteiger charge is -2.15. The van der Waals surface area contributed by atoms with E-state index in [-0.39, 0.29) is 11.8 Å². The van der Waals surface area contributed by atoms with Crippen molar-refractivity contribution >= 4 is 31.5 Å². The molecule has 0 aliphatic heterocycles. The van der Waals surface area contributed by atoms with E-state index < -0.39 is 9.84 Å². The maximum Gasteiger partial charge on any atom is 0.149 e. The summed E-state index contributed by atoms with van der Waals surface area (Å²) in [4.78, 5) is 0. The minimum atomic E-state index is -3.03. The number of rotatable bonds is 4. The molecule has 0 heterocycles. The summed E-state index contributed by atoms with van der Waals surface area (Å²) < 4.78 is 23.1. The Kier molecular flexibility index (Phi) is 4.54. The van der Waals surface area contributed by atoms with Crippen LogP contribution in [0.15, 0.2) is 22.7 Å². The molecule has 0 amide bonds. The topological polar surface area (TPSA) is 70.0 Å². The second-order valence-electron chi connectivity index (χ2n) is 3.94. The van der Waals surface area contributed by atoms with Crippen LogP contribution in [0.25, 0.3) is 0 Å². The quantitative estimate of drug-likeness (QED) is 0.924. The van der Waals surface area contributed by atoms with Gasteiger partial charge in [-0.15, -0.1) is 0 Å². The first-order valence-corrected chi connectivity index (χ1v) is 7.81. The maximum atomic E-state index is 11.1. The van der Waals surface area contributed by atoms with Crippen molar-refractivity contribution in [3.8, 4) is 6.07 Å². The van der Waals surface area contributed by atoms with Gasteiger partial charge in [-0.25, -0.2) is 8.42 Å². The monoisotopic (exact) mass is 316 g/mol. The van der Waals surface area contributed by atoms with Gasteiger partial charge in [0.2, 0.25) is 0 Å². The Balaban J connectivity index is 2.88. The van der Waals surface area contributed by atoms with Crippen LogP contribution in [0.1, 0.15) is 12.5 Å². The second-order valence-corrected chi connectivity index (χ2v) is 7.04. The first kappa shape index (κ1) is 14.0. The van der Waals surface area contributed by atoms with Gasteiger partial charge < -0.3 is 5.32 Å². The van der Waals surface area contributed by atoms with Gasteiger partial charge in [0.1, 0.15) is 15.9 Å². The van der Waals surface area contributed by atoms with Crippen LogP contribution >= 0.6 is 15.9 Å². The molecule has 0 saturated carbocycles. The van der Waals surface area contributed by atoms with E-state index in [1.807, 2.05) is 0 Å². The molecule has 0 aromatic heterocycles. The third-order valence-electron chi connectivity index (χ3n) is 2.06. The third-order valence-corrected chi connectivity index (χ3v) is 3.66. The number of hydrogen-bond donors (Lipinski definition) is 1. The molecule has 0 saturated heterocycles. The Morgan fingerprint density at radius 2 is 2.18 bits per heavy atom. The summed E-state index contributed by atoms with van der Waals surface area (Å²) in [5, 5.41) is 12.0. The molecule has 6 heteroatoms. The van der Waals surface area contributed by atoms with Gasteiger partial charge in [-0.2, -0.15) is 5.26 Å². The molecule has 1 rings (SSSR count). The van der Waals surface area contributed by atoms with E-state index in [0.29, 0.717) is 11.3 Å². The Morgan fingerprint density at radius 1 is 1.53 bits per heavy atom. The molecule has 0 radical (unpaired) electrons. The van der Waals surface area contributed by atoms with E-state index in [4.69, 9.17) is 5.26 Å². The lowest BCUT2D eigenvalue weighted by molar-refractivity contribution is 0.598. The Hall–Kier alpha value is -1.06. The minimum Gasteiger partial charge on any atom is -0.380 e. The summed E-state index contributed by atoms with van der Waals surface area (Å²) in [6.07, 6.45) is 1.19. The fraction of sp³-hybridized carbons (Fsp3) is 0.364. The molecule has 17 heavy (non-hydrogen) atoms. The molecule has 0 spiro atoms. The molecule has 0 aliphatic carbocycles. The highest BCUT2D eigenvalue weighted by atomic mass is 79.9. The van der Waals surface area contributed by atoms with Crippen molar-refractivity contribution in [2.75, 3.05) is 17.3 Å². The zero-order valence-corrected chi connectivity index (χ0v) is 12.0. The van der Waals surface area contributed by atoms with Crippen LogP contribution in [0.4, 0.5) is 5.69 Å². The molecule has 1 aromatic rings. The van der Waals surface area contributed by atoms with E-state index in [2.05, 4.69) is 27.3 Å². The number of nitrogens with zero attached hydrogens (tertiary/aromatic N) is 1. The second kappa shape index (κ2) is 5.52. The third kappa shape index (κ3) is 4.75. The van der Waals surface area contributed by atoms with Crippen molar-refractivity contribution < 1.29 is 8.42 Å². The average Bonchev–Trinajstić information content (AvgIpc) is 2.14.